The quantitative estimate of drug-likeness (QED) is 0.824. The van der Waals surface area contributed by atoms with E-state index in [9.17, 15) is 4.79 Å². The number of amides is 1. The number of carbonyl (C=O) groups excluding carboxylic acids is 1. The number of nitrogens with one attached hydrogen (secondary N) is 1. The first kappa shape index (κ1) is 14.6. The summed E-state index contributed by atoms with van der Waals surface area (Å²) in [5.41, 5.74) is 2.01. The van der Waals surface area contributed by atoms with E-state index in [1.165, 1.54) is 32.1 Å². The Bertz CT molecular complexity index is 438. The summed E-state index contributed by atoms with van der Waals surface area (Å²) < 4.78 is 1.04. The molecule has 0 unspecified atom stereocenters. The molecule has 1 saturated carbocycles. The highest BCUT2D eigenvalue weighted by Gasteiger charge is 2.15. The lowest BCUT2D eigenvalue weighted by Gasteiger charge is -2.21. The molecular weight excluding hydrogens is 302 g/mol. The average Bonchev–Trinajstić information content (AvgIpc) is 2.43. The third kappa shape index (κ3) is 4.34. The highest BCUT2D eigenvalue weighted by molar-refractivity contribution is 9.10. The average molecular weight is 324 g/mol. The second-order valence-electron chi connectivity index (χ2n) is 5.50. The van der Waals surface area contributed by atoms with Gasteiger partial charge in [-0.05, 0) is 37.0 Å². The van der Waals surface area contributed by atoms with Gasteiger partial charge in [0.2, 0.25) is 5.91 Å². The van der Waals surface area contributed by atoms with Gasteiger partial charge in [0.15, 0.2) is 0 Å². The van der Waals surface area contributed by atoms with Crippen molar-refractivity contribution in [1.82, 2.24) is 0 Å². The van der Waals surface area contributed by atoms with Gasteiger partial charge in [-0.25, -0.2) is 0 Å². The standard InChI is InChI=1S/C16H22BrNO/c1-12-14(17)8-5-9-15(12)18-16(19)11-10-13-6-3-2-4-7-13/h5,8-9,13H,2-4,6-7,10-11H2,1H3,(H,18,19). The van der Waals surface area contributed by atoms with Crippen molar-refractivity contribution >= 4 is 27.5 Å². The van der Waals surface area contributed by atoms with Gasteiger partial charge in [0.25, 0.3) is 0 Å². The van der Waals surface area contributed by atoms with Crippen LogP contribution in [0.4, 0.5) is 5.69 Å². The maximum Gasteiger partial charge on any atom is 0.224 e. The fraction of sp³-hybridized carbons (Fsp3) is 0.562. The predicted molar refractivity (Wildman–Crippen MR) is 83.3 cm³/mol. The van der Waals surface area contributed by atoms with Crippen LogP contribution in [0.5, 0.6) is 0 Å². The zero-order valence-corrected chi connectivity index (χ0v) is 13.1. The molecule has 0 heterocycles. The van der Waals surface area contributed by atoms with Gasteiger partial charge in [-0.2, -0.15) is 0 Å². The molecule has 0 radical (unpaired) electrons. The van der Waals surface area contributed by atoms with E-state index in [0.29, 0.717) is 6.42 Å². The van der Waals surface area contributed by atoms with Gasteiger partial charge in [-0.15, -0.1) is 0 Å². The van der Waals surface area contributed by atoms with Gasteiger partial charge in [-0.1, -0.05) is 54.1 Å². The molecule has 1 N–H and O–H groups in total. The van der Waals surface area contributed by atoms with E-state index < -0.39 is 0 Å². The highest BCUT2D eigenvalue weighted by atomic mass is 79.9. The molecule has 0 bridgehead atoms. The molecule has 0 aromatic heterocycles. The molecule has 1 aromatic rings. The lowest BCUT2D eigenvalue weighted by Crippen LogP contribution is -2.15. The Kier molecular flexibility index (Phi) is 5.44. The van der Waals surface area contributed by atoms with Crippen molar-refractivity contribution in [3.63, 3.8) is 0 Å². The van der Waals surface area contributed by atoms with Crippen LogP contribution in [-0.4, -0.2) is 5.91 Å². The monoisotopic (exact) mass is 323 g/mol. The van der Waals surface area contributed by atoms with Crippen LogP contribution in [-0.2, 0) is 4.79 Å². The van der Waals surface area contributed by atoms with Crippen LogP contribution in [0, 0.1) is 12.8 Å². The van der Waals surface area contributed by atoms with Crippen molar-refractivity contribution in [3.8, 4) is 0 Å². The first-order valence-electron chi connectivity index (χ1n) is 7.22. The summed E-state index contributed by atoms with van der Waals surface area (Å²) in [6, 6.07) is 5.90. The van der Waals surface area contributed by atoms with Crippen molar-refractivity contribution in [2.45, 2.75) is 51.9 Å². The zero-order valence-electron chi connectivity index (χ0n) is 11.5. The number of rotatable bonds is 4. The Hall–Kier alpha value is -0.830. The largest absolute Gasteiger partial charge is 0.326 e. The molecule has 2 rings (SSSR count). The lowest BCUT2D eigenvalue weighted by molar-refractivity contribution is -0.116. The smallest absolute Gasteiger partial charge is 0.224 e. The minimum absolute atomic E-state index is 0.145. The normalized spacial score (nSPS) is 16.3. The molecule has 1 aliphatic carbocycles. The first-order chi connectivity index (χ1) is 9.16. The Morgan fingerprint density at radius 2 is 2.05 bits per heavy atom. The van der Waals surface area contributed by atoms with Crippen molar-refractivity contribution in [3.05, 3.63) is 28.2 Å². The molecule has 104 valence electrons. The Morgan fingerprint density at radius 3 is 2.79 bits per heavy atom. The molecule has 0 spiro atoms. The topological polar surface area (TPSA) is 29.1 Å². The Balaban J connectivity index is 1.82. The van der Waals surface area contributed by atoms with E-state index >= 15 is 0 Å². The maximum absolute atomic E-state index is 12.0. The zero-order chi connectivity index (χ0) is 13.7. The molecule has 2 nitrogen and oxygen atoms in total. The molecule has 1 aromatic carbocycles. The van der Waals surface area contributed by atoms with Crippen LogP contribution < -0.4 is 5.32 Å². The summed E-state index contributed by atoms with van der Waals surface area (Å²) in [5.74, 6) is 0.912. The fourth-order valence-electron chi connectivity index (χ4n) is 2.77. The number of hydrogen-bond donors (Lipinski definition) is 1. The molecule has 3 heteroatoms. The molecule has 1 aliphatic rings. The number of benzene rings is 1. The Labute approximate surface area is 124 Å². The van der Waals surface area contributed by atoms with E-state index in [-0.39, 0.29) is 5.91 Å². The van der Waals surface area contributed by atoms with Crippen LogP contribution in [0.1, 0.15) is 50.5 Å². The van der Waals surface area contributed by atoms with E-state index in [4.69, 9.17) is 0 Å². The summed E-state index contributed by atoms with van der Waals surface area (Å²) in [6.45, 7) is 2.01. The molecule has 19 heavy (non-hydrogen) atoms. The summed E-state index contributed by atoms with van der Waals surface area (Å²) in [7, 11) is 0. The minimum atomic E-state index is 0.145. The van der Waals surface area contributed by atoms with Gasteiger partial charge in [0.05, 0.1) is 0 Å². The number of carbonyl (C=O) groups is 1. The molecule has 1 fully saturated rings. The van der Waals surface area contributed by atoms with Crippen molar-refractivity contribution in [1.29, 1.82) is 0 Å². The number of halogens is 1. The van der Waals surface area contributed by atoms with Crippen LogP contribution in [0.2, 0.25) is 0 Å². The van der Waals surface area contributed by atoms with Crippen molar-refractivity contribution < 1.29 is 4.79 Å². The Morgan fingerprint density at radius 1 is 1.32 bits per heavy atom. The van der Waals surface area contributed by atoms with Gasteiger partial charge in [-0.3, -0.25) is 4.79 Å². The van der Waals surface area contributed by atoms with Crippen molar-refractivity contribution in [2.75, 3.05) is 5.32 Å². The predicted octanol–water partition coefficient (Wildman–Crippen LogP) is 5.06. The minimum Gasteiger partial charge on any atom is -0.326 e. The van der Waals surface area contributed by atoms with Gasteiger partial charge in [0.1, 0.15) is 0 Å². The van der Waals surface area contributed by atoms with Crippen LogP contribution >= 0.6 is 15.9 Å². The molecule has 0 atom stereocenters. The van der Waals surface area contributed by atoms with Gasteiger partial charge < -0.3 is 5.32 Å². The second-order valence-corrected chi connectivity index (χ2v) is 6.36. The van der Waals surface area contributed by atoms with E-state index in [0.717, 1.165) is 28.1 Å². The fourth-order valence-corrected chi connectivity index (χ4v) is 3.13. The van der Waals surface area contributed by atoms with Crippen molar-refractivity contribution in [2.24, 2.45) is 5.92 Å². The first-order valence-corrected chi connectivity index (χ1v) is 8.01. The van der Waals surface area contributed by atoms with Crippen LogP contribution in [0.3, 0.4) is 0 Å². The molecule has 1 amide bonds. The summed E-state index contributed by atoms with van der Waals surface area (Å²) in [6.07, 6.45) is 8.37. The SMILES string of the molecule is Cc1c(Br)cccc1NC(=O)CCC1CCCCC1. The summed E-state index contributed by atoms with van der Waals surface area (Å²) >= 11 is 3.49. The van der Waals surface area contributed by atoms with Crippen LogP contribution in [0.15, 0.2) is 22.7 Å². The maximum atomic E-state index is 12.0. The van der Waals surface area contributed by atoms with Gasteiger partial charge in [0, 0.05) is 16.6 Å². The van der Waals surface area contributed by atoms with E-state index in [1.807, 2.05) is 25.1 Å². The number of anilines is 1. The van der Waals surface area contributed by atoms with E-state index in [2.05, 4.69) is 21.2 Å². The summed E-state index contributed by atoms with van der Waals surface area (Å²) in [4.78, 5) is 12.0. The molecule has 0 saturated heterocycles. The molecular formula is C16H22BrNO. The van der Waals surface area contributed by atoms with Gasteiger partial charge >= 0.3 is 0 Å². The summed E-state index contributed by atoms with van der Waals surface area (Å²) in [5, 5.41) is 3.02. The molecule has 0 aliphatic heterocycles. The second kappa shape index (κ2) is 7.09. The third-order valence-corrected chi connectivity index (χ3v) is 4.91. The number of hydrogen-bond acceptors (Lipinski definition) is 1. The highest BCUT2D eigenvalue weighted by Crippen LogP contribution is 2.28. The lowest BCUT2D eigenvalue weighted by atomic mass is 9.86. The van der Waals surface area contributed by atoms with Crippen LogP contribution in [0.25, 0.3) is 0 Å². The third-order valence-electron chi connectivity index (χ3n) is 4.05. The van der Waals surface area contributed by atoms with E-state index in [1.54, 1.807) is 0 Å².